The zero-order valence-corrected chi connectivity index (χ0v) is 12.4. The molecule has 0 aliphatic carbocycles. The number of para-hydroxylation sites is 1. The van der Waals surface area contributed by atoms with Crippen molar-refractivity contribution in [3.63, 3.8) is 0 Å². The van der Waals surface area contributed by atoms with Crippen LogP contribution in [0.25, 0.3) is 0 Å². The van der Waals surface area contributed by atoms with Crippen molar-refractivity contribution < 1.29 is 4.79 Å². The molecule has 2 rings (SSSR count). The average molecular weight is 330 g/mol. The molecule has 2 aromatic rings. The number of nitrogens with zero attached hydrogens (tertiary/aromatic N) is 1. The lowest BCUT2D eigenvalue weighted by Crippen LogP contribution is -2.14. The fraction of sp³-hybridized carbons (Fsp3) is 0.0667. The molecule has 0 aliphatic heterocycles. The molecule has 0 saturated carbocycles. The summed E-state index contributed by atoms with van der Waals surface area (Å²) < 4.78 is 0.794. The number of anilines is 2. The summed E-state index contributed by atoms with van der Waals surface area (Å²) in [6.07, 6.45) is 0. The number of hydrogen-bond acceptors (Lipinski definition) is 3. The number of carbonyl (C=O) groups excluding carboxylic acids is 1. The molecule has 0 spiro atoms. The Morgan fingerprint density at radius 1 is 1.20 bits per heavy atom. The SMILES string of the molecule is CNc1ccccc1C(=O)Nc1ccc(Br)cc1C#N. The van der Waals surface area contributed by atoms with Crippen LogP contribution in [0.5, 0.6) is 0 Å². The molecule has 5 heteroatoms. The van der Waals surface area contributed by atoms with Crippen LogP contribution in [0.3, 0.4) is 0 Å². The molecular formula is C15H12BrN3O. The highest BCUT2D eigenvalue weighted by Crippen LogP contribution is 2.22. The van der Waals surface area contributed by atoms with E-state index in [1.54, 1.807) is 37.4 Å². The van der Waals surface area contributed by atoms with E-state index in [0.717, 1.165) is 10.2 Å². The van der Waals surface area contributed by atoms with Crippen molar-refractivity contribution in [1.29, 1.82) is 5.26 Å². The number of nitrogens with one attached hydrogen (secondary N) is 2. The Hall–Kier alpha value is -2.32. The Balaban J connectivity index is 2.31. The summed E-state index contributed by atoms with van der Waals surface area (Å²) in [6, 6.07) is 14.4. The number of hydrogen-bond donors (Lipinski definition) is 2. The Kier molecular flexibility index (Phi) is 4.38. The molecule has 0 saturated heterocycles. The minimum absolute atomic E-state index is 0.256. The van der Waals surface area contributed by atoms with E-state index in [1.807, 2.05) is 12.1 Å². The number of benzene rings is 2. The standard InChI is InChI=1S/C15H12BrN3O/c1-18-14-5-3-2-4-12(14)15(20)19-13-7-6-11(16)8-10(13)9-17/h2-8,18H,1H3,(H,19,20). The maximum Gasteiger partial charge on any atom is 0.257 e. The molecule has 100 valence electrons. The molecule has 0 fully saturated rings. The van der Waals surface area contributed by atoms with Crippen molar-refractivity contribution >= 4 is 33.2 Å². The summed E-state index contributed by atoms with van der Waals surface area (Å²) in [5, 5.41) is 14.8. The van der Waals surface area contributed by atoms with E-state index in [0.29, 0.717) is 16.8 Å². The molecule has 2 aromatic carbocycles. The highest BCUT2D eigenvalue weighted by Gasteiger charge is 2.12. The average Bonchev–Trinajstić information content (AvgIpc) is 2.48. The van der Waals surface area contributed by atoms with Crippen LogP contribution in [0, 0.1) is 11.3 Å². The molecule has 1 amide bonds. The Morgan fingerprint density at radius 3 is 2.65 bits per heavy atom. The number of amides is 1. The third-order valence-corrected chi connectivity index (χ3v) is 3.28. The number of rotatable bonds is 3. The van der Waals surface area contributed by atoms with Gasteiger partial charge in [0.2, 0.25) is 0 Å². The lowest BCUT2D eigenvalue weighted by molar-refractivity contribution is 0.102. The lowest BCUT2D eigenvalue weighted by Gasteiger charge is -2.10. The van der Waals surface area contributed by atoms with Gasteiger partial charge in [-0.15, -0.1) is 0 Å². The Labute approximate surface area is 125 Å². The number of nitriles is 1. The molecule has 0 aromatic heterocycles. The van der Waals surface area contributed by atoms with Crippen molar-refractivity contribution in [2.45, 2.75) is 0 Å². The monoisotopic (exact) mass is 329 g/mol. The molecule has 2 N–H and O–H groups in total. The number of halogens is 1. The lowest BCUT2D eigenvalue weighted by atomic mass is 10.1. The molecule has 20 heavy (non-hydrogen) atoms. The first-order valence-corrected chi connectivity index (χ1v) is 6.73. The smallest absolute Gasteiger partial charge is 0.257 e. The van der Waals surface area contributed by atoms with Crippen LogP contribution in [0.1, 0.15) is 15.9 Å². The highest BCUT2D eigenvalue weighted by molar-refractivity contribution is 9.10. The van der Waals surface area contributed by atoms with Gasteiger partial charge in [-0.1, -0.05) is 28.1 Å². The topological polar surface area (TPSA) is 64.9 Å². The van der Waals surface area contributed by atoms with Gasteiger partial charge in [0.1, 0.15) is 6.07 Å². The highest BCUT2D eigenvalue weighted by atomic mass is 79.9. The molecule has 4 nitrogen and oxygen atoms in total. The molecule has 0 heterocycles. The van der Waals surface area contributed by atoms with Gasteiger partial charge in [0.15, 0.2) is 0 Å². The van der Waals surface area contributed by atoms with Gasteiger partial charge in [0.25, 0.3) is 5.91 Å². The molecular weight excluding hydrogens is 318 g/mol. The zero-order chi connectivity index (χ0) is 14.5. The van der Waals surface area contributed by atoms with E-state index in [4.69, 9.17) is 5.26 Å². The minimum atomic E-state index is -0.256. The van der Waals surface area contributed by atoms with Gasteiger partial charge in [0.05, 0.1) is 16.8 Å². The predicted octanol–water partition coefficient (Wildman–Crippen LogP) is 3.61. The summed E-state index contributed by atoms with van der Waals surface area (Å²) in [7, 11) is 1.76. The van der Waals surface area contributed by atoms with Crippen molar-refractivity contribution in [1.82, 2.24) is 0 Å². The molecule has 0 radical (unpaired) electrons. The maximum atomic E-state index is 12.3. The third-order valence-electron chi connectivity index (χ3n) is 2.79. The van der Waals surface area contributed by atoms with Crippen LogP contribution in [0.2, 0.25) is 0 Å². The second kappa shape index (κ2) is 6.22. The van der Waals surface area contributed by atoms with E-state index < -0.39 is 0 Å². The molecule has 0 aliphatic rings. The summed E-state index contributed by atoms with van der Waals surface area (Å²) in [6.45, 7) is 0. The first kappa shape index (κ1) is 14.1. The quantitative estimate of drug-likeness (QED) is 0.903. The van der Waals surface area contributed by atoms with E-state index in [2.05, 4.69) is 32.6 Å². The summed E-state index contributed by atoms with van der Waals surface area (Å²) >= 11 is 3.30. The second-order valence-electron chi connectivity index (χ2n) is 4.05. The Morgan fingerprint density at radius 2 is 1.95 bits per heavy atom. The van der Waals surface area contributed by atoms with Gasteiger partial charge >= 0.3 is 0 Å². The van der Waals surface area contributed by atoms with E-state index in [-0.39, 0.29) is 5.91 Å². The maximum absolute atomic E-state index is 12.3. The fourth-order valence-corrected chi connectivity index (χ4v) is 2.17. The zero-order valence-electron chi connectivity index (χ0n) is 10.8. The van der Waals surface area contributed by atoms with Gasteiger partial charge in [0, 0.05) is 17.2 Å². The van der Waals surface area contributed by atoms with E-state index in [9.17, 15) is 4.79 Å². The molecule has 0 atom stereocenters. The van der Waals surface area contributed by atoms with Crippen LogP contribution >= 0.6 is 15.9 Å². The normalized spacial score (nSPS) is 9.65. The predicted molar refractivity (Wildman–Crippen MR) is 82.8 cm³/mol. The fourth-order valence-electron chi connectivity index (χ4n) is 1.81. The first-order chi connectivity index (χ1) is 9.65. The summed E-state index contributed by atoms with van der Waals surface area (Å²) in [4.78, 5) is 12.3. The van der Waals surface area contributed by atoms with E-state index in [1.165, 1.54) is 0 Å². The minimum Gasteiger partial charge on any atom is -0.387 e. The van der Waals surface area contributed by atoms with Gasteiger partial charge < -0.3 is 10.6 Å². The largest absolute Gasteiger partial charge is 0.387 e. The van der Waals surface area contributed by atoms with Gasteiger partial charge in [-0.3, -0.25) is 4.79 Å². The first-order valence-electron chi connectivity index (χ1n) is 5.93. The van der Waals surface area contributed by atoms with Crippen molar-refractivity contribution in [3.8, 4) is 6.07 Å². The second-order valence-corrected chi connectivity index (χ2v) is 4.97. The van der Waals surface area contributed by atoms with Gasteiger partial charge in [-0.2, -0.15) is 5.26 Å². The van der Waals surface area contributed by atoms with Crippen LogP contribution in [-0.4, -0.2) is 13.0 Å². The van der Waals surface area contributed by atoms with Crippen LogP contribution in [-0.2, 0) is 0 Å². The molecule has 0 unspecified atom stereocenters. The van der Waals surface area contributed by atoms with Gasteiger partial charge in [-0.05, 0) is 30.3 Å². The van der Waals surface area contributed by atoms with E-state index >= 15 is 0 Å². The summed E-state index contributed by atoms with van der Waals surface area (Å²) in [5.74, 6) is -0.256. The summed E-state index contributed by atoms with van der Waals surface area (Å²) in [5.41, 5.74) is 2.17. The third kappa shape index (κ3) is 2.98. The molecule has 0 bridgehead atoms. The number of carbonyl (C=O) groups is 1. The van der Waals surface area contributed by atoms with Crippen molar-refractivity contribution in [2.75, 3.05) is 17.7 Å². The Bertz CT molecular complexity index is 692. The van der Waals surface area contributed by atoms with Crippen LogP contribution in [0.15, 0.2) is 46.9 Å². The van der Waals surface area contributed by atoms with Crippen LogP contribution in [0.4, 0.5) is 11.4 Å². The van der Waals surface area contributed by atoms with Crippen molar-refractivity contribution in [2.24, 2.45) is 0 Å². The van der Waals surface area contributed by atoms with Crippen molar-refractivity contribution in [3.05, 3.63) is 58.1 Å². The van der Waals surface area contributed by atoms with Gasteiger partial charge in [-0.25, -0.2) is 0 Å². The van der Waals surface area contributed by atoms with Crippen LogP contribution < -0.4 is 10.6 Å².